The maximum absolute atomic E-state index is 5.70. The monoisotopic (exact) mass is 269 g/mol. The first-order valence-corrected chi connectivity index (χ1v) is 7.39. The van der Waals surface area contributed by atoms with E-state index in [2.05, 4.69) is 48.6 Å². The molecule has 0 heterocycles. The normalized spacial score (nSPS) is 10.2. The Morgan fingerprint density at radius 3 is 2.35 bits per heavy atom. The molecule has 106 valence electrons. The van der Waals surface area contributed by atoms with Gasteiger partial charge in [0.15, 0.2) is 0 Å². The van der Waals surface area contributed by atoms with Crippen molar-refractivity contribution in [2.75, 3.05) is 11.9 Å². The van der Waals surface area contributed by atoms with Crippen LogP contribution in [0.25, 0.3) is 0 Å². The summed E-state index contributed by atoms with van der Waals surface area (Å²) in [5.74, 6) is 0.950. The van der Waals surface area contributed by atoms with Crippen molar-refractivity contribution in [3.63, 3.8) is 0 Å². The molecular weight excluding hydrogens is 246 g/mol. The second kappa shape index (κ2) is 8.26. The molecule has 0 radical (unpaired) electrons. The Hall–Kier alpha value is -1.96. The predicted molar refractivity (Wildman–Crippen MR) is 85.2 cm³/mol. The van der Waals surface area contributed by atoms with E-state index in [1.165, 1.54) is 18.4 Å². The van der Waals surface area contributed by atoms with E-state index in [1.54, 1.807) is 0 Å². The van der Waals surface area contributed by atoms with Gasteiger partial charge in [-0.15, -0.1) is 0 Å². The van der Waals surface area contributed by atoms with Gasteiger partial charge in [-0.25, -0.2) is 0 Å². The van der Waals surface area contributed by atoms with E-state index in [9.17, 15) is 0 Å². The number of hydrogen-bond acceptors (Lipinski definition) is 2. The molecule has 1 N–H and O–H groups in total. The minimum Gasteiger partial charge on any atom is -0.494 e. The van der Waals surface area contributed by atoms with Crippen molar-refractivity contribution in [3.8, 4) is 5.75 Å². The zero-order valence-electron chi connectivity index (χ0n) is 12.1. The molecule has 0 aliphatic rings. The highest BCUT2D eigenvalue weighted by Crippen LogP contribution is 2.16. The third-order valence-corrected chi connectivity index (χ3v) is 3.21. The third-order valence-electron chi connectivity index (χ3n) is 3.21. The molecule has 0 bridgehead atoms. The molecule has 2 aromatic carbocycles. The number of anilines is 1. The summed E-state index contributed by atoms with van der Waals surface area (Å²) in [6, 6.07) is 18.6. The first-order valence-electron chi connectivity index (χ1n) is 7.39. The Morgan fingerprint density at radius 2 is 1.65 bits per heavy atom. The first kappa shape index (κ1) is 14.4. The van der Waals surface area contributed by atoms with Crippen molar-refractivity contribution in [2.24, 2.45) is 0 Å². The lowest BCUT2D eigenvalue weighted by atomic mass is 10.2. The van der Waals surface area contributed by atoms with Crippen molar-refractivity contribution in [1.82, 2.24) is 0 Å². The summed E-state index contributed by atoms with van der Waals surface area (Å²) < 4.78 is 5.70. The number of nitrogens with one attached hydrogen (secondary N) is 1. The Balaban J connectivity index is 1.76. The molecule has 0 fully saturated rings. The van der Waals surface area contributed by atoms with Crippen molar-refractivity contribution in [1.29, 1.82) is 0 Å². The molecule has 0 amide bonds. The van der Waals surface area contributed by atoms with Crippen LogP contribution in [0.3, 0.4) is 0 Å². The number of benzene rings is 2. The van der Waals surface area contributed by atoms with Crippen LogP contribution in [0.1, 0.15) is 31.7 Å². The van der Waals surface area contributed by atoms with Gasteiger partial charge >= 0.3 is 0 Å². The van der Waals surface area contributed by atoms with Gasteiger partial charge in [0.2, 0.25) is 0 Å². The van der Waals surface area contributed by atoms with Gasteiger partial charge in [0.05, 0.1) is 6.61 Å². The predicted octanol–water partition coefficient (Wildman–Crippen LogP) is 4.87. The summed E-state index contributed by atoms with van der Waals surface area (Å²) in [5.41, 5.74) is 2.40. The summed E-state index contributed by atoms with van der Waals surface area (Å²) in [5, 5.41) is 3.41. The topological polar surface area (TPSA) is 21.3 Å². The SMILES string of the molecule is CCCCCOc1ccc(NCc2ccccc2)cc1. The maximum Gasteiger partial charge on any atom is 0.119 e. The molecule has 0 saturated carbocycles. The van der Waals surface area contributed by atoms with Crippen molar-refractivity contribution < 1.29 is 4.74 Å². The van der Waals surface area contributed by atoms with Crippen LogP contribution >= 0.6 is 0 Å². The van der Waals surface area contributed by atoms with Gasteiger partial charge < -0.3 is 10.1 Å². The molecule has 2 nitrogen and oxygen atoms in total. The quantitative estimate of drug-likeness (QED) is 0.690. The average molecular weight is 269 g/mol. The van der Waals surface area contributed by atoms with Crippen LogP contribution in [0.5, 0.6) is 5.75 Å². The summed E-state index contributed by atoms with van der Waals surface area (Å²) in [7, 11) is 0. The molecule has 0 atom stereocenters. The Morgan fingerprint density at radius 1 is 0.900 bits per heavy atom. The maximum atomic E-state index is 5.70. The minimum absolute atomic E-state index is 0.810. The van der Waals surface area contributed by atoms with Gasteiger partial charge in [0, 0.05) is 12.2 Å². The van der Waals surface area contributed by atoms with Crippen LogP contribution in [0.2, 0.25) is 0 Å². The fourth-order valence-electron chi connectivity index (χ4n) is 2.01. The molecular formula is C18H23NO. The second-order valence-electron chi connectivity index (χ2n) is 4.92. The molecule has 0 saturated heterocycles. The summed E-state index contributed by atoms with van der Waals surface area (Å²) in [6.07, 6.45) is 3.59. The Labute approximate surface area is 121 Å². The average Bonchev–Trinajstić information content (AvgIpc) is 2.52. The lowest BCUT2D eigenvalue weighted by Gasteiger charge is -2.09. The fourth-order valence-corrected chi connectivity index (χ4v) is 2.01. The fraction of sp³-hybridized carbons (Fsp3) is 0.333. The van der Waals surface area contributed by atoms with Gasteiger partial charge in [-0.2, -0.15) is 0 Å². The first-order chi connectivity index (χ1) is 9.88. The summed E-state index contributed by atoms with van der Waals surface area (Å²) >= 11 is 0. The molecule has 0 unspecified atom stereocenters. The molecule has 2 aromatic rings. The second-order valence-corrected chi connectivity index (χ2v) is 4.92. The van der Waals surface area contributed by atoms with E-state index >= 15 is 0 Å². The molecule has 2 heteroatoms. The van der Waals surface area contributed by atoms with Crippen LogP contribution in [0, 0.1) is 0 Å². The lowest BCUT2D eigenvalue weighted by molar-refractivity contribution is 0.306. The van der Waals surface area contributed by atoms with Crippen molar-refractivity contribution in [2.45, 2.75) is 32.7 Å². The third kappa shape index (κ3) is 4.96. The number of unbranched alkanes of at least 4 members (excludes halogenated alkanes) is 2. The zero-order chi connectivity index (χ0) is 14.0. The highest BCUT2D eigenvalue weighted by Gasteiger charge is 1.96. The van der Waals surface area contributed by atoms with E-state index in [1.807, 2.05) is 18.2 Å². The van der Waals surface area contributed by atoms with Gasteiger partial charge in [0.25, 0.3) is 0 Å². The molecule has 2 rings (SSSR count). The van der Waals surface area contributed by atoms with E-state index in [4.69, 9.17) is 4.74 Å². The van der Waals surface area contributed by atoms with Crippen molar-refractivity contribution >= 4 is 5.69 Å². The Bertz CT molecular complexity index is 479. The standard InChI is InChI=1S/C18H23NO/c1-2-3-7-14-20-18-12-10-17(11-13-18)19-15-16-8-5-4-6-9-16/h4-6,8-13,19H,2-3,7,14-15H2,1H3. The highest BCUT2D eigenvalue weighted by atomic mass is 16.5. The number of hydrogen-bond donors (Lipinski definition) is 1. The summed E-state index contributed by atoms with van der Waals surface area (Å²) in [4.78, 5) is 0. The number of ether oxygens (including phenoxy) is 1. The van der Waals surface area contributed by atoms with E-state index in [-0.39, 0.29) is 0 Å². The highest BCUT2D eigenvalue weighted by molar-refractivity contribution is 5.46. The molecule has 0 aliphatic heterocycles. The van der Waals surface area contributed by atoms with E-state index < -0.39 is 0 Å². The van der Waals surface area contributed by atoms with Crippen LogP contribution in [-0.4, -0.2) is 6.61 Å². The molecule has 20 heavy (non-hydrogen) atoms. The van der Waals surface area contributed by atoms with Crippen molar-refractivity contribution in [3.05, 3.63) is 60.2 Å². The molecule has 0 aromatic heterocycles. The largest absolute Gasteiger partial charge is 0.494 e. The van der Waals surface area contributed by atoms with Gasteiger partial charge in [-0.1, -0.05) is 50.1 Å². The van der Waals surface area contributed by atoms with Crippen LogP contribution in [0.15, 0.2) is 54.6 Å². The van der Waals surface area contributed by atoms with Crippen LogP contribution in [-0.2, 0) is 6.54 Å². The van der Waals surface area contributed by atoms with Gasteiger partial charge in [-0.3, -0.25) is 0 Å². The smallest absolute Gasteiger partial charge is 0.119 e. The van der Waals surface area contributed by atoms with Crippen LogP contribution < -0.4 is 10.1 Å². The number of rotatable bonds is 8. The van der Waals surface area contributed by atoms with E-state index in [0.29, 0.717) is 0 Å². The lowest BCUT2D eigenvalue weighted by Crippen LogP contribution is -2.00. The summed E-state index contributed by atoms with van der Waals surface area (Å²) in [6.45, 7) is 3.86. The van der Waals surface area contributed by atoms with Gasteiger partial charge in [0.1, 0.15) is 5.75 Å². The molecule has 0 aliphatic carbocycles. The minimum atomic E-state index is 0.810. The van der Waals surface area contributed by atoms with Gasteiger partial charge in [-0.05, 0) is 36.2 Å². The Kier molecular flexibility index (Phi) is 5.97. The van der Waals surface area contributed by atoms with E-state index in [0.717, 1.165) is 31.0 Å². The van der Waals surface area contributed by atoms with Crippen LogP contribution in [0.4, 0.5) is 5.69 Å². The zero-order valence-corrected chi connectivity index (χ0v) is 12.1. The molecule has 0 spiro atoms.